The van der Waals surface area contributed by atoms with Crippen LogP contribution in [-0.4, -0.2) is 30.3 Å². The SMILES string of the molecule is CCc1cc(CNc2nc3nnn(CCCCBr)c3c(=O)[nH]2)ccc1C. The summed E-state index contributed by atoms with van der Waals surface area (Å²) >= 11 is 3.40. The minimum absolute atomic E-state index is 0.223. The smallest absolute Gasteiger partial charge is 0.280 e. The van der Waals surface area contributed by atoms with Gasteiger partial charge in [-0.25, -0.2) is 4.68 Å². The van der Waals surface area contributed by atoms with Gasteiger partial charge in [-0.3, -0.25) is 9.78 Å². The zero-order chi connectivity index (χ0) is 18.5. The van der Waals surface area contributed by atoms with Crippen LogP contribution in [0.2, 0.25) is 0 Å². The Morgan fingerprint density at radius 1 is 1.31 bits per heavy atom. The van der Waals surface area contributed by atoms with Crippen LogP contribution in [0.15, 0.2) is 23.0 Å². The molecule has 0 aliphatic rings. The lowest BCUT2D eigenvalue weighted by molar-refractivity contribution is 0.569. The monoisotopic (exact) mass is 418 g/mol. The van der Waals surface area contributed by atoms with Crippen LogP contribution < -0.4 is 10.9 Å². The maximum Gasteiger partial charge on any atom is 0.280 e. The number of rotatable bonds is 8. The zero-order valence-electron chi connectivity index (χ0n) is 15.0. The fourth-order valence-corrected chi connectivity index (χ4v) is 3.29. The van der Waals surface area contributed by atoms with Gasteiger partial charge in [0.25, 0.3) is 5.56 Å². The van der Waals surface area contributed by atoms with E-state index in [1.54, 1.807) is 4.68 Å². The van der Waals surface area contributed by atoms with Crippen LogP contribution in [0.3, 0.4) is 0 Å². The maximum absolute atomic E-state index is 12.4. The number of aryl methyl sites for hydroxylation is 3. The van der Waals surface area contributed by atoms with Gasteiger partial charge < -0.3 is 5.32 Å². The number of nitrogens with zero attached hydrogens (tertiary/aromatic N) is 4. The van der Waals surface area contributed by atoms with Gasteiger partial charge >= 0.3 is 0 Å². The van der Waals surface area contributed by atoms with Gasteiger partial charge in [0.1, 0.15) is 0 Å². The summed E-state index contributed by atoms with van der Waals surface area (Å²) in [6.45, 7) is 5.50. The molecule has 0 aliphatic carbocycles. The lowest BCUT2D eigenvalue weighted by Gasteiger charge is -2.09. The van der Waals surface area contributed by atoms with Crippen molar-refractivity contribution in [3.05, 3.63) is 45.2 Å². The second-order valence-electron chi connectivity index (χ2n) is 6.26. The Labute approximate surface area is 160 Å². The Hall–Kier alpha value is -2.22. The summed E-state index contributed by atoms with van der Waals surface area (Å²) < 4.78 is 1.63. The molecule has 0 saturated heterocycles. The molecule has 3 rings (SSSR count). The fourth-order valence-electron chi connectivity index (χ4n) is 2.90. The highest BCUT2D eigenvalue weighted by Gasteiger charge is 2.12. The quantitative estimate of drug-likeness (QED) is 0.433. The molecule has 0 atom stereocenters. The molecule has 3 aromatic rings. The molecule has 26 heavy (non-hydrogen) atoms. The lowest BCUT2D eigenvalue weighted by Crippen LogP contribution is -2.16. The molecular formula is C18H23BrN6O. The van der Waals surface area contributed by atoms with E-state index in [1.807, 2.05) is 0 Å². The predicted octanol–water partition coefficient (Wildman–Crippen LogP) is 3.17. The Balaban J connectivity index is 1.76. The molecule has 0 bridgehead atoms. The Morgan fingerprint density at radius 2 is 2.15 bits per heavy atom. The summed E-state index contributed by atoms with van der Waals surface area (Å²) in [7, 11) is 0. The van der Waals surface area contributed by atoms with Crippen LogP contribution in [0, 0.1) is 6.92 Å². The van der Waals surface area contributed by atoms with Crippen molar-refractivity contribution in [3.63, 3.8) is 0 Å². The van der Waals surface area contributed by atoms with Crippen LogP contribution in [0.25, 0.3) is 11.2 Å². The van der Waals surface area contributed by atoms with E-state index in [-0.39, 0.29) is 5.56 Å². The first-order valence-electron chi connectivity index (χ1n) is 8.84. The van der Waals surface area contributed by atoms with E-state index in [4.69, 9.17) is 0 Å². The van der Waals surface area contributed by atoms with Crippen molar-refractivity contribution in [1.29, 1.82) is 0 Å². The molecule has 0 radical (unpaired) electrons. The van der Waals surface area contributed by atoms with Crippen LogP contribution in [0.1, 0.15) is 36.5 Å². The molecule has 0 fully saturated rings. The van der Waals surface area contributed by atoms with Crippen LogP contribution in [-0.2, 0) is 19.5 Å². The minimum Gasteiger partial charge on any atom is -0.352 e. The first-order valence-corrected chi connectivity index (χ1v) is 9.96. The van der Waals surface area contributed by atoms with Crippen LogP contribution >= 0.6 is 15.9 Å². The first-order chi connectivity index (χ1) is 12.6. The van der Waals surface area contributed by atoms with E-state index in [2.05, 4.69) is 73.6 Å². The summed E-state index contributed by atoms with van der Waals surface area (Å²) in [6.07, 6.45) is 2.94. The molecule has 0 amide bonds. The summed E-state index contributed by atoms with van der Waals surface area (Å²) in [5.74, 6) is 0.411. The second kappa shape index (κ2) is 8.44. The van der Waals surface area contributed by atoms with Gasteiger partial charge in [-0.2, -0.15) is 4.98 Å². The molecule has 138 valence electrons. The highest BCUT2D eigenvalue weighted by molar-refractivity contribution is 9.09. The number of anilines is 1. The molecule has 1 aromatic carbocycles. The van der Waals surface area contributed by atoms with Crippen LogP contribution in [0.4, 0.5) is 5.95 Å². The zero-order valence-corrected chi connectivity index (χ0v) is 16.6. The number of benzene rings is 1. The van der Waals surface area contributed by atoms with Crippen molar-refractivity contribution in [2.75, 3.05) is 10.6 Å². The van der Waals surface area contributed by atoms with E-state index in [0.717, 1.165) is 30.2 Å². The number of hydrogen-bond donors (Lipinski definition) is 2. The fraction of sp³-hybridized carbons (Fsp3) is 0.444. The molecule has 0 saturated carbocycles. The Morgan fingerprint density at radius 3 is 2.92 bits per heavy atom. The number of fused-ring (bicyclic) bond motifs is 1. The molecule has 2 heterocycles. The molecular weight excluding hydrogens is 396 g/mol. The average Bonchev–Trinajstić information content (AvgIpc) is 3.05. The van der Waals surface area contributed by atoms with E-state index in [0.29, 0.717) is 30.2 Å². The molecule has 0 aliphatic heterocycles. The van der Waals surface area contributed by atoms with Gasteiger partial charge in [-0.15, -0.1) is 5.10 Å². The number of nitrogens with one attached hydrogen (secondary N) is 2. The average molecular weight is 419 g/mol. The largest absolute Gasteiger partial charge is 0.352 e. The molecule has 2 N–H and O–H groups in total. The standard InChI is InChI=1S/C18H23BrN6O/c1-3-14-10-13(7-6-12(14)2)11-20-18-21-16-15(17(26)22-18)25(24-23-16)9-5-4-8-19/h6-7,10H,3-5,8-9,11H2,1-2H3,(H2,20,21,22,26). The molecule has 0 unspecified atom stereocenters. The predicted molar refractivity (Wildman–Crippen MR) is 107 cm³/mol. The van der Waals surface area contributed by atoms with Crippen molar-refractivity contribution < 1.29 is 0 Å². The van der Waals surface area contributed by atoms with Crippen molar-refractivity contribution in [2.24, 2.45) is 0 Å². The van der Waals surface area contributed by atoms with Crippen molar-refractivity contribution in [2.45, 2.75) is 46.2 Å². The van der Waals surface area contributed by atoms with Gasteiger partial charge in [0, 0.05) is 18.4 Å². The molecule has 8 heteroatoms. The third kappa shape index (κ3) is 4.12. The normalized spacial score (nSPS) is 11.2. The lowest BCUT2D eigenvalue weighted by atomic mass is 10.0. The second-order valence-corrected chi connectivity index (χ2v) is 7.06. The van der Waals surface area contributed by atoms with Gasteiger partial charge in [0.2, 0.25) is 11.6 Å². The Bertz CT molecular complexity index is 948. The van der Waals surface area contributed by atoms with E-state index < -0.39 is 0 Å². The maximum atomic E-state index is 12.4. The summed E-state index contributed by atoms with van der Waals surface area (Å²) in [5, 5.41) is 12.2. The topological polar surface area (TPSA) is 88.5 Å². The van der Waals surface area contributed by atoms with Crippen molar-refractivity contribution in [3.8, 4) is 0 Å². The van der Waals surface area contributed by atoms with Crippen LogP contribution in [0.5, 0.6) is 0 Å². The highest BCUT2D eigenvalue weighted by Crippen LogP contribution is 2.13. The van der Waals surface area contributed by atoms with E-state index >= 15 is 0 Å². The van der Waals surface area contributed by atoms with Gasteiger partial charge in [0.05, 0.1) is 0 Å². The third-order valence-electron chi connectivity index (χ3n) is 4.39. The Kier molecular flexibility index (Phi) is 6.03. The summed E-state index contributed by atoms with van der Waals surface area (Å²) in [4.78, 5) is 19.6. The van der Waals surface area contributed by atoms with Crippen molar-refractivity contribution in [1.82, 2.24) is 25.0 Å². The number of aromatic nitrogens is 5. The van der Waals surface area contributed by atoms with Gasteiger partial charge in [-0.05, 0) is 42.9 Å². The van der Waals surface area contributed by atoms with Crippen molar-refractivity contribution >= 4 is 33.0 Å². The summed E-state index contributed by atoms with van der Waals surface area (Å²) in [6, 6.07) is 6.38. The number of hydrogen-bond acceptors (Lipinski definition) is 5. The highest BCUT2D eigenvalue weighted by atomic mass is 79.9. The third-order valence-corrected chi connectivity index (χ3v) is 4.95. The number of H-pyrrole nitrogens is 1. The van der Waals surface area contributed by atoms with E-state index in [9.17, 15) is 4.79 Å². The number of alkyl halides is 1. The number of halogens is 1. The van der Waals surface area contributed by atoms with E-state index in [1.165, 1.54) is 11.1 Å². The molecule has 7 nitrogen and oxygen atoms in total. The number of unbranched alkanes of at least 4 members (excludes halogenated alkanes) is 1. The minimum atomic E-state index is -0.223. The summed E-state index contributed by atoms with van der Waals surface area (Å²) in [5.41, 5.74) is 4.34. The van der Waals surface area contributed by atoms with Gasteiger partial charge in [-0.1, -0.05) is 46.3 Å². The number of aromatic amines is 1. The first kappa shape index (κ1) is 18.6. The van der Waals surface area contributed by atoms with Gasteiger partial charge in [0.15, 0.2) is 5.52 Å². The molecule has 0 spiro atoms. The molecule has 2 aromatic heterocycles.